The average Bonchev–Trinajstić information content (AvgIpc) is 3.35. The van der Waals surface area contributed by atoms with Crippen LogP contribution in [0, 0.1) is 17.2 Å². The molecule has 0 spiro atoms. The fourth-order valence-electron chi connectivity index (χ4n) is 5.71. The lowest BCUT2D eigenvalue weighted by molar-refractivity contribution is 0.0403. The van der Waals surface area contributed by atoms with Crippen LogP contribution in [0.25, 0.3) is 5.69 Å². The molecule has 10 heteroatoms. The minimum Gasteiger partial charge on any atom is -0.292 e. The van der Waals surface area contributed by atoms with Gasteiger partial charge in [0.05, 0.1) is 32.2 Å². The van der Waals surface area contributed by atoms with Crippen molar-refractivity contribution >= 4 is 40.0 Å². The molecule has 38 heavy (non-hydrogen) atoms. The van der Waals surface area contributed by atoms with E-state index in [1.165, 1.54) is 12.1 Å². The molecule has 3 heterocycles. The second-order valence-corrected chi connectivity index (χ2v) is 12.1. The zero-order chi connectivity index (χ0) is 26.4. The predicted octanol–water partition coefficient (Wildman–Crippen LogP) is 5.73. The summed E-state index contributed by atoms with van der Waals surface area (Å²) in [5, 5.41) is 5.33. The maximum Gasteiger partial charge on any atom is 0.189 e. The molecule has 4 aromatic rings. The van der Waals surface area contributed by atoms with Gasteiger partial charge in [-0.15, -0.1) is 0 Å². The van der Waals surface area contributed by atoms with Crippen molar-refractivity contribution in [2.45, 2.75) is 24.2 Å². The number of halogens is 3. The van der Waals surface area contributed by atoms with E-state index in [9.17, 15) is 13.4 Å². The van der Waals surface area contributed by atoms with Crippen LogP contribution in [-0.2, 0) is 23.8 Å². The number of ketones is 1. The van der Waals surface area contributed by atoms with Gasteiger partial charge < -0.3 is 0 Å². The highest BCUT2D eigenvalue weighted by atomic mass is 35.5. The molecule has 6 rings (SSSR count). The van der Waals surface area contributed by atoms with Gasteiger partial charge in [-0.05, 0) is 85.3 Å². The molecule has 1 fully saturated rings. The standard InChI is InChI=1S/C28H23Cl2FN4O2S/c29-23-9-8-22(14-24(23)30)38(37)34-12-10-19-13-26-18(16-33-35(26)21-6-4-20(31)5-7-21)15-28(19,17-34)27(36)25-3-1-2-11-32-25/h1-9,11,14,16,19H,10,12-13,15,17H2/t19-,28-,38?/m0/s1. The molecule has 2 aliphatic rings. The first-order chi connectivity index (χ1) is 18.4. The largest absolute Gasteiger partial charge is 0.292 e. The summed E-state index contributed by atoms with van der Waals surface area (Å²) in [5.74, 6) is -0.376. The van der Waals surface area contributed by atoms with E-state index in [4.69, 9.17) is 23.2 Å². The number of aromatic nitrogens is 3. The van der Waals surface area contributed by atoms with Crippen LogP contribution in [0.3, 0.4) is 0 Å². The van der Waals surface area contributed by atoms with Crippen LogP contribution in [-0.4, -0.2) is 42.2 Å². The summed E-state index contributed by atoms with van der Waals surface area (Å²) in [5.41, 5.74) is 2.31. The van der Waals surface area contributed by atoms with Gasteiger partial charge in [-0.25, -0.2) is 17.6 Å². The molecule has 0 amide bonds. The third-order valence-electron chi connectivity index (χ3n) is 7.62. The first-order valence-electron chi connectivity index (χ1n) is 12.3. The molecular weight excluding hydrogens is 546 g/mol. The third kappa shape index (κ3) is 4.39. The molecule has 0 bridgehead atoms. The van der Waals surface area contributed by atoms with E-state index in [1.807, 2.05) is 8.99 Å². The van der Waals surface area contributed by atoms with Crippen LogP contribution < -0.4 is 0 Å². The van der Waals surface area contributed by atoms with Crippen LogP contribution in [0.15, 0.2) is 78.0 Å². The number of hydrogen-bond donors (Lipinski definition) is 0. The Hall–Kier alpha value is -2.91. The summed E-state index contributed by atoms with van der Waals surface area (Å²) in [6, 6.07) is 16.5. The number of carbonyl (C=O) groups is 1. The van der Waals surface area contributed by atoms with Crippen molar-refractivity contribution in [2.75, 3.05) is 13.1 Å². The lowest BCUT2D eigenvalue weighted by Gasteiger charge is -2.49. The molecular formula is C28H23Cl2FN4O2S. The van der Waals surface area contributed by atoms with Crippen molar-refractivity contribution in [1.29, 1.82) is 0 Å². The summed E-state index contributed by atoms with van der Waals surface area (Å²) in [7, 11) is -1.53. The van der Waals surface area contributed by atoms with Crippen molar-refractivity contribution in [3.8, 4) is 5.69 Å². The van der Waals surface area contributed by atoms with Gasteiger partial charge in [0.25, 0.3) is 0 Å². The summed E-state index contributed by atoms with van der Waals surface area (Å²) < 4.78 is 30.9. The van der Waals surface area contributed by atoms with E-state index in [2.05, 4.69) is 10.1 Å². The van der Waals surface area contributed by atoms with Gasteiger partial charge in [0.2, 0.25) is 0 Å². The Morgan fingerprint density at radius 3 is 2.63 bits per heavy atom. The lowest BCUT2D eigenvalue weighted by Crippen LogP contribution is -2.57. The molecule has 194 valence electrons. The summed E-state index contributed by atoms with van der Waals surface area (Å²) in [4.78, 5) is 19.1. The number of fused-ring (bicyclic) bond motifs is 2. The first kappa shape index (κ1) is 25.4. The number of rotatable bonds is 5. The highest BCUT2D eigenvalue weighted by Crippen LogP contribution is 2.48. The highest BCUT2D eigenvalue weighted by molar-refractivity contribution is 7.82. The molecule has 6 nitrogen and oxygen atoms in total. The first-order valence-corrected chi connectivity index (χ1v) is 14.1. The Kier molecular flexibility index (Phi) is 6.68. The maximum absolute atomic E-state index is 14.2. The van der Waals surface area contributed by atoms with Gasteiger partial charge >= 0.3 is 0 Å². The molecule has 3 atom stereocenters. The Balaban J connectivity index is 1.39. The molecule has 0 saturated carbocycles. The molecule has 1 saturated heterocycles. The second-order valence-electron chi connectivity index (χ2n) is 9.76. The van der Waals surface area contributed by atoms with Gasteiger partial charge in [0, 0.05) is 25.0 Å². The Morgan fingerprint density at radius 2 is 1.89 bits per heavy atom. The van der Waals surface area contributed by atoms with E-state index in [1.54, 1.807) is 60.9 Å². The van der Waals surface area contributed by atoms with Gasteiger partial charge in [-0.3, -0.25) is 9.78 Å². The smallest absolute Gasteiger partial charge is 0.189 e. The molecule has 2 aromatic carbocycles. The molecule has 0 N–H and O–H groups in total. The quantitative estimate of drug-likeness (QED) is 0.288. The van der Waals surface area contributed by atoms with E-state index >= 15 is 0 Å². The van der Waals surface area contributed by atoms with E-state index < -0.39 is 16.4 Å². The van der Waals surface area contributed by atoms with Crippen LogP contribution in [0.4, 0.5) is 4.39 Å². The van der Waals surface area contributed by atoms with Crippen molar-refractivity contribution in [1.82, 2.24) is 19.1 Å². The SMILES string of the molecule is O=C(c1ccccn1)[C@]12Cc3cnn(-c4ccc(F)cc4)c3C[C@@H]1CCN(S(=O)c1ccc(Cl)c(Cl)c1)C2. The summed E-state index contributed by atoms with van der Waals surface area (Å²) >= 11 is 12.3. The zero-order valence-corrected chi connectivity index (χ0v) is 22.5. The molecule has 1 unspecified atom stereocenters. The number of hydrogen-bond acceptors (Lipinski definition) is 4. The third-order valence-corrected chi connectivity index (χ3v) is 9.79. The van der Waals surface area contributed by atoms with Gasteiger partial charge in [-0.1, -0.05) is 29.3 Å². The Morgan fingerprint density at radius 1 is 1.08 bits per heavy atom. The Labute approximate surface area is 232 Å². The number of piperidine rings is 1. The number of nitrogens with zero attached hydrogens (tertiary/aromatic N) is 4. The molecule has 0 radical (unpaired) electrons. The van der Waals surface area contributed by atoms with Crippen LogP contribution in [0.2, 0.25) is 10.0 Å². The number of pyridine rings is 1. The summed E-state index contributed by atoms with van der Waals surface area (Å²) in [6.45, 7) is 0.857. The molecule has 1 aliphatic heterocycles. The lowest BCUT2D eigenvalue weighted by atomic mass is 9.60. The highest BCUT2D eigenvalue weighted by Gasteiger charge is 2.53. The van der Waals surface area contributed by atoms with Crippen molar-refractivity contribution in [3.05, 3.63) is 106 Å². The topological polar surface area (TPSA) is 68.1 Å². The van der Waals surface area contributed by atoms with Gasteiger partial charge in [0.1, 0.15) is 22.5 Å². The van der Waals surface area contributed by atoms with Crippen molar-refractivity contribution < 1.29 is 13.4 Å². The van der Waals surface area contributed by atoms with E-state index in [0.717, 1.165) is 16.9 Å². The fourth-order valence-corrected chi connectivity index (χ4v) is 7.40. The van der Waals surface area contributed by atoms with Crippen molar-refractivity contribution in [2.24, 2.45) is 11.3 Å². The maximum atomic E-state index is 14.2. The van der Waals surface area contributed by atoms with Crippen LogP contribution in [0.1, 0.15) is 28.2 Å². The number of Topliss-reactive ketones (excluding diaryl/α,β-unsaturated/α-hetero) is 1. The van der Waals surface area contributed by atoms with E-state index in [0.29, 0.717) is 53.0 Å². The monoisotopic (exact) mass is 568 g/mol. The number of benzene rings is 2. The molecule has 2 aromatic heterocycles. The average molecular weight is 569 g/mol. The molecule has 1 aliphatic carbocycles. The van der Waals surface area contributed by atoms with Crippen LogP contribution >= 0.6 is 23.2 Å². The van der Waals surface area contributed by atoms with Crippen molar-refractivity contribution in [3.63, 3.8) is 0 Å². The van der Waals surface area contributed by atoms with E-state index in [-0.39, 0.29) is 17.5 Å². The fraction of sp³-hybridized carbons (Fsp3) is 0.250. The predicted molar refractivity (Wildman–Crippen MR) is 144 cm³/mol. The minimum absolute atomic E-state index is 0.0116. The summed E-state index contributed by atoms with van der Waals surface area (Å²) in [6.07, 6.45) is 5.14. The van der Waals surface area contributed by atoms with Crippen LogP contribution in [0.5, 0.6) is 0 Å². The van der Waals surface area contributed by atoms with Gasteiger partial charge in [0.15, 0.2) is 5.78 Å². The zero-order valence-electron chi connectivity index (χ0n) is 20.2. The van der Waals surface area contributed by atoms with Gasteiger partial charge in [-0.2, -0.15) is 5.10 Å². The Bertz CT molecular complexity index is 1550. The second kappa shape index (κ2) is 10.0. The number of carbonyl (C=O) groups excluding carboxylic acids is 1. The minimum atomic E-state index is -1.53. The normalized spacial score (nSPS) is 21.9.